The number of rotatable bonds is 10. The summed E-state index contributed by atoms with van der Waals surface area (Å²) in [5, 5.41) is 0. The summed E-state index contributed by atoms with van der Waals surface area (Å²) in [6.45, 7) is 0.626. The van der Waals surface area contributed by atoms with Crippen LogP contribution in [0.15, 0.2) is 54.8 Å². The van der Waals surface area contributed by atoms with Gasteiger partial charge in [0.15, 0.2) is 0 Å². The molecule has 0 N–H and O–H groups in total. The van der Waals surface area contributed by atoms with Crippen molar-refractivity contribution in [3.63, 3.8) is 0 Å². The van der Waals surface area contributed by atoms with Crippen LogP contribution >= 0.6 is 0 Å². The largest absolute Gasteiger partial charge is 0.502 e. The summed E-state index contributed by atoms with van der Waals surface area (Å²) >= 11 is 0. The molecule has 0 unspecified atom stereocenters. The van der Waals surface area contributed by atoms with Gasteiger partial charge in [0.05, 0.1) is 12.9 Å². The van der Waals surface area contributed by atoms with Crippen LogP contribution in [-0.2, 0) is 30.9 Å². The predicted octanol–water partition coefficient (Wildman–Crippen LogP) is 4.60. The van der Waals surface area contributed by atoms with Gasteiger partial charge in [0, 0.05) is 27.4 Å². The van der Waals surface area contributed by atoms with Crippen LogP contribution in [-0.4, -0.2) is 36.7 Å². The maximum Gasteiger partial charge on any atom is 0.500 e. The lowest BCUT2D eigenvalue weighted by Gasteiger charge is -2.23. The standard InChI is InChI=1S/C22H28O4Si/c1-23-27(24-2,25-3)15-7-14-26-13-6-8-18-11-12-22-20(16-18)17-19-9-4-5-10-21(19)22/h4-6,9-13,16H,7-8,14-15,17H2,1-3H3. The van der Waals surface area contributed by atoms with Gasteiger partial charge >= 0.3 is 8.80 Å². The molecule has 144 valence electrons. The third-order valence-electron chi connectivity index (χ3n) is 5.08. The second kappa shape index (κ2) is 9.33. The van der Waals surface area contributed by atoms with Crippen molar-refractivity contribution < 1.29 is 18.0 Å². The van der Waals surface area contributed by atoms with Crippen LogP contribution in [0.5, 0.6) is 0 Å². The number of hydrogen-bond acceptors (Lipinski definition) is 4. The number of allylic oxidation sites excluding steroid dienone is 1. The van der Waals surface area contributed by atoms with E-state index >= 15 is 0 Å². The number of hydrogen-bond donors (Lipinski definition) is 0. The smallest absolute Gasteiger partial charge is 0.500 e. The fraction of sp³-hybridized carbons (Fsp3) is 0.364. The molecule has 0 heterocycles. The molecule has 0 aromatic heterocycles. The number of ether oxygens (including phenoxy) is 1. The average Bonchev–Trinajstić information content (AvgIpc) is 3.08. The molecule has 0 fully saturated rings. The third kappa shape index (κ3) is 4.68. The molecule has 0 amide bonds. The topological polar surface area (TPSA) is 36.9 Å². The van der Waals surface area contributed by atoms with E-state index in [2.05, 4.69) is 48.5 Å². The van der Waals surface area contributed by atoms with Gasteiger partial charge in [-0.1, -0.05) is 42.5 Å². The van der Waals surface area contributed by atoms with E-state index in [-0.39, 0.29) is 0 Å². The molecule has 2 aromatic carbocycles. The van der Waals surface area contributed by atoms with E-state index in [9.17, 15) is 0 Å². The van der Waals surface area contributed by atoms with Gasteiger partial charge in [-0.3, -0.25) is 0 Å². The molecule has 5 heteroatoms. The summed E-state index contributed by atoms with van der Waals surface area (Å²) < 4.78 is 21.8. The molecule has 0 radical (unpaired) electrons. The van der Waals surface area contributed by atoms with Crippen LogP contribution in [0.25, 0.3) is 11.1 Å². The lowest BCUT2D eigenvalue weighted by Crippen LogP contribution is -2.42. The zero-order chi connectivity index (χ0) is 19.1. The predicted molar refractivity (Wildman–Crippen MR) is 110 cm³/mol. The Bertz CT molecular complexity index is 775. The van der Waals surface area contributed by atoms with Crippen LogP contribution in [0.1, 0.15) is 23.1 Å². The monoisotopic (exact) mass is 384 g/mol. The van der Waals surface area contributed by atoms with Crippen LogP contribution in [0.3, 0.4) is 0 Å². The normalized spacial score (nSPS) is 13.0. The molecule has 4 nitrogen and oxygen atoms in total. The van der Waals surface area contributed by atoms with Crippen LogP contribution in [0.2, 0.25) is 6.04 Å². The van der Waals surface area contributed by atoms with Gasteiger partial charge in [0.2, 0.25) is 0 Å². The van der Waals surface area contributed by atoms with Gasteiger partial charge < -0.3 is 18.0 Å². The highest BCUT2D eigenvalue weighted by Crippen LogP contribution is 2.36. The summed E-state index contributed by atoms with van der Waals surface area (Å²) in [4.78, 5) is 0. The molecule has 0 atom stereocenters. The van der Waals surface area contributed by atoms with E-state index in [0.717, 1.165) is 25.3 Å². The average molecular weight is 385 g/mol. The molecule has 0 saturated carbocycles. The number of benzene rings is 2. The van der Waals surface area contributed by atoms with Gasteiger partial charge in [-0.25, -0.2) is 0 Å². The summed E-state index contributed by atoms with van der Waals surface area (Å²) in [6.07, 6.45) is 6.60. The highest BCUT2D eigenvalue weighted by Gasteiger charge is 2.36. The molecular weight excluding hydrogens is 356 g/mol. The Morgan fingerprint density at radius 1 is 0.926 bits per heavy atom. The molecule has 0 spiro atoms. The maximum atomic E-state index is 5.60. The van der Waals surface area contributed by atoms with Gasteiger partial charge in [0.1, 0.15) is 0 Å². The molecule has 1 aliphatic rings. The Labute approximate surface area is 163 Å². The Morgan fingerprint density at radius 3 is 2.44 bits per heavy atom. The van der Waals surface area contributed by atoms with Crippen LogP contribution in [0.4, 0.5) is 0 Å². The van der Waals surface area contributed by atoms with E-state index in [1.165, 1.54) is 27.8 Å². The van der Waals surface area contributed by atoms with Crippen LogP contribution < -0.4 is 0 Å². The first-order valence-corrected chi connectivity index (χ1v) is 11.3. The van der Waals surface area contributed by atoms with E-state index in [1.54, 1.807) is 27.6 Å². The second-order valence-electron chi connectivity index (χ2n) is 6.67. The van der Waals surface area contributed by atoms with E-state index in [4.69, 9.17) is 18.0 Å². The molecule has 3 rings (SSSR count). The van der Waals surface area contributed by atoms with Crippen molar-refractivity contribution in [3.05, 3.63) is 71.5 Å². The van der Waals surface area contributed by atoms with E-state index < -0.39 is 8.80 Å². The van der Waals surface area contributed by atoms with Crippen molar-refractivity contribution >= 4 is 8.80 Å². The number of fused-ring (bicyclic) bond motifs is 3. The van der Waals surface area contributed by atoms with Crippen molar-refractivity contribution in [3.8, 4) is 11.1 Å². The van der Waals surface area contributed by atoms with Gasteiger partial charge in [-0.2, -0.15) is 0 Å². The summed E-state index contributed by atoms with van der Waals surface area (Å²) in [5.74, 6) is 0. The zero-order valence-corrected chi connectivity index (χ0v) is 17.4. The Morgan fingerprint density at radius 2 is 1.67 bits per heavy atom. The highest BCUT2D eigenvalue weighted by atomic mass is 28.4. The second-order valence-corrected chi connectivity index (χ2v) is 9.76. The summed E-state index contributed by atoms with van der Waals surface area (Å²) in [5.41, 5.74) is 6.90. The first kappa shape index (κ1) is 19.8. The first-order chi connectivity index (χ1) is 13.2. The van der Waals surface area contributed by atoms with Crippen molar-refractivity contribution in [1.82, 2.24) is 0 Å². The highest BCUT2D eigenvalue weighted by molar-refractivity contribution is 6.60. The molecule has 0 saturated heterocycles. The Balaban J connectivity index is 1.44. The molecule has 0 bridgehead atoms. The lowest BCUT2D eigenvalue weighted by molar-refractivity contribution is 0.119. The minimum absolute atomic E-state index is 0.626. The minimum Gasteiger partial charge on any atom is -0.502 e. The SMILES string of the molecule is CO[Si](CCCOC=CCc1ccc2c(c1)Cc1ccccc1-2)(OC)OC. The molecule has 1 aliphatic carbocycles. The first-order valence-electron chi connectivity index (χ1n) is 9.33. The van der Waals surface area contributed by atoms with Crippen molar-refractivity contribution in [2.45, 2.75) is 25.3 Å². The fourth-order valence-electron chi connectivity index (χ4n) is 3.57. The van der Waals surface area contributed by atoms with E-state index in [1.807, 2.05) is 0 Å². The molecular formula is C22H28O4Si. The van der Waals surface area contributed by atoms with Crippen LogP contribution in [0, 0.1) is 0 Å². The zero-order valence-electron chi connectivity index (χ0n) is 16.4. The molecule has 27 heavy (non-hydrogen) atoms. The van der Waals surface area contributed by atoms with Gasteiger partial charge in [0.25, 0.3) is 0 Å². The van der Waals surface area contributed by atoms with Gasteiger partial charge in [-0.05, 0) is 53.2 Å². The maximum absolute atomic E-state index is 5.60. The molecule has 2 aromatic rings. The minimum atomic E-state index is -2.48. The van der Waals surface area contributed by atoms with Gasteiger partial charge in [-0.15, -0.1) is 0 Å². The van der Waals surface area contributed by atoms with Crippen molar-refractivity contribution in [2.24, 2.45) is 0 Å². The molecule has 0 aliphatic heterocycles. The Hall–Kier alpha value is -1.92. The quantitative estimate of drug-likeness (QED) is 0.291. The summed E-state index contributed by atoms with van der Waals surface area (Å²) in [6, 6.07) is 16.2. The Kier molecular flexibility index (Phi) is 6.85. The van der Waals surface area contributed by atoms with Crippen molar-refractivity contribution in [1.29, 1.82) is 0 Å². The summed E-state index contributed by atoms with van der Waals surface area (Å²) in [7, 11) is 2.42. The fourth-order valence-corrected chi connectivity index (χ4v) is 5.26. The third-order valence-corrected chi connectivity index (χ3v) is 7.91. The lowest BCUT2D eigenvalue weighted by atomic mass is 10.0. The van der Waals surface area contributed by atoms with Crippen molar-refractivity contribution in [2.75, 3.05) is 27.9 Å². The van der Waals surface area contributed by atoms with E-state index in [0.29, 0.717) is 6.61 Å².